The first-order valence-corrected chi connectivity index (χ1v) is 11.9. The molecule has 0 bridgehead atoms. The van der Waals surface area contributed by atoms with Crippen LogP contribution in [0.15, 0.2) is 72.8 Å². The lowest BCUT2D eigenvalue weighted by Gasteiger charge is -2.29. The Balaban J connectivity index is 1.50. The fourth-order valence-corrected chi connectivity index (χ4v) is 4.46. The molecule has 1 unspecified atom stereocenters. The molecule has 1 N–H and O–H groups in total. The smallest absolute Gasteiger partial charge is 0.483 e. The Morgan fingerprint density at radius 2 is 1.67 bits per heavy atom. The third-order valence-electron chi connectivity index (χ3n) is 6.16. The number of para-hydroxylation sites is 1. The topological polar surface area (TPSA) is 51.5 Å². The molecule has 1 aromatic heterocycles. The van der Waals surface area contributed by atoms with Crippen molar-refractivity contribution in [3.8, 4) is 11.5 Å². The molecule has 1 aliphatic heterocycles. The summed E-state index contributed by atoms with van der Waals surface area (Å²) in [5.74, 6) is 1.23. The summed E-state index contributed by atoms with van der Waals surface area (Å²) < 4.78 is 50.0. The maximum absolute atomic E-state index is 12.6. The van der Waals surface area contributed by atoms with Gasteiger partial charge in [-0.2, -0.15) is 0 Å². The molecule has 0 saturated carbocycles. The Labute approximate surface area is 207 Å². The molecule has 1 atom stereocenters. The number of hydrogen-bond acceptors (Lipinski definition) is 5. The largest absolute Gasteiger partial charge is 0.573 e. The van der Waals surface area contributed by atoms with Crippen molar-refractivity contribution in [2.24, 2.45) is 0 Å². The maximum Gasteiger partial charge on any atom is 0.573 e. The van der Waals surface area contributed by atoms with Crippen molar-refractivity contribution >= 4 is 16.7 Å². The molecule has 0 aliphatic carbocycles. The number of imidazole rings is 1. The summed E-state index contributed by atoms with van der Waals surface area (Å²) in [6, 6.07) is 21.7. The van der Waals surface area contributed by atoms with Crippen molar-refractivity contribution in [3.05, 3.63) is 84.2 Å². The van der Waals surface area contributed by atoms with Gasteiger partial charge in [0, 0.05) is 38.4 Å². The summed E-state index contributed by atoms with van der Waals surface area (Å²) in [5.41, 5.74) is 3.72. The molecule has 9 heteroatoms. The van der Waals surface area contributed by atoms with Crippen molar-refractivity contribution in [3.63, 3.8) is 0 Å². The zero-order chi connectivity index (χ0) is 25.1. The number of piperazine rings is 1. The molecule has 2 heterocycles. The van der Waals surface area contributed by atoms with Crippen molar-refractivity contribution in [2.45, 2.75) is 25.9 Å². The average molecular weight is 497 g/mol. The predicted octanol–water partition coefficient (Wildman–Crippen LogP) is 5.53. The first-order chi connectivity index (χ1) is 17.4. The van der Waals surface area contributed by atoms with Gasteiger partial charge in [-0.25, -0.2) is 4.98 Å². The number of nitrogens with zero attached hydrogens (tertiary/aromatic N) is 3. The Hall–Kier alpha value is -3.72. The van der Waals surface area contributed by atoms with E-state index in [0.29, 0.717) is 6.54 Å². The monoisotopic (exact) mass is 496 g/mol. The number of ether oxygens (including phenoxy) is 2. The van der Waals surface area contributed by atoms with Crippen molar-refractivity contribution in [2.75, 3.05) is 31.1 Å². The zero-order valence-electron chi connectivity index (χ0n) is 19.8. The van der Waals surface area contributed by atoms with Gasteiger partial charge in [-0.3, -0.25) is 0 Å². The maximum atomic E-state index is 12.6. The van der Waals surface area contributed by atoms with Gasteiger partial charge < -0.3 is 24.3 Å². The fourth-order valence-electron chi connectivity index (χ4n) is 4.46. The number of aromatic nitrogens is 2. The van der Waals surface area contributed by atoms with E-state index in [9.17, 15) is 13.2 Å². The van der Waals surface area contributed by atoms with E-state index < -0.39 is 6.36 Å². The van der Waals surface area contributed by atoms with Gasteiger partial charge in [-0.05, 0) is 55.0 Å². The van der Waals surface area contributed by atoms with Crippen LogP contribution in [0.5, 0.6) is 11.5 Å². The van der Waals surface area contributed by atoms with Crippen LogP contribution in [0.2, 0.25) is 0 Å². The third kappa shape index (κ3) is 5.57. The quantitative estimate of drug-likeness (QED) is 0.365. The molecule has 1 fully saturated rings. The Morgan fingerprint density at radius 1 is 0.944 bits per heavy atom. The summed E-state index contributed by atoms with van der Waals surface area (Å²) >= 11 is 0. The fraction of sp³-hybridized carbons (Fsp3) is 0.296. The zero-order valence-corrected chi connectivity index (χ0v) is 19.8. The highest BCUT2D eigenvalue weighted by atomic mass is 19.4. The molecule has 188 valence electrons. The first-order valence-electron chi connectivity index (χ1n) is 11.9. The summed E-state index contributed by atoms with van der Waals surface area (Å²) in [5, 5.41) is 3.37. The highest BCUT2D eigenvalue weighted by molar-refractivity contribution is 5.81. The van der Waals surface area contributed by atoms with E-state index in [2.05, 4.69) is 31.7 Å². The van der Waals surface area contributed by atoms with Gasteiger partial charge in [-0.1, -0.05) is 30.3 Å². The molecule has 36 heavy (non-hydrogen) atoms. The van der Waals surface area contributed by atoms with Crippen LogP contribution in [0.1, 0.15) is 24.4 Å². The lowest BCUT2D eigenvalue weighted by Crippen LogP contribution is -2.43. The van der Waals surface area contributed by atoms with Gasteiger partial charge in [0.1, 0.15) is 11.5 Å². The molecule has 0 spiro atoms. The standard InChI is InChI=1S/C27H27F3N4O2/c1-19(35-22-5-3-2-4-6-22)26-32-24-12-9-21(33-15-13-31-14-16-33)17-25(24)34(26)18-20-7-10-23(11-8-20)36-27(28,29)30/h2-12,17,19,31H,13-16,18H2,1H3. The number of anilines is 1. The lowest BCUT2D eigenvalue weighted by molar-refractivity contribution is -0.274. The van der Waals surface area contributed by atoms with Crippen LogP contribution in [-0.2, 0) is 6.54 Å². The van der Waals surface area contributed by atoms with Gasteiger partial charge >= 0.3 is 6.36 Å². The molecule has 0 amide bonds. The predicted molar refractivity (Wildman–Crippen MR) is 133 cm³/mol. The summed E-state index contributed by atoms with van der Waals surface area (Å²) in [4.78, 5) is 7.22. The second-order valence-corrected chi connectivity index (χ2v) is 8.73. The molecular formula is C27H27F3N4O2. The van der Waals surface area contributed by atoms with Crippen LogP contribution < -0.4 is 19.7 Å². The van der Waals surface area contributed by atoms with Crippen molar-refractivity contribution in [1.82, 2.24) is 14.9 Å². The van der Waals surface area contributed by atoms with E-state index >= 15 is 0 Å². The highest BCUT2D eigenvalue weighted by Gasteiger charge is 2.31. The van der Waals surface area contributed by atoms with Gasteiger partial charge in [0.2, 0.25) is 0 Å². The van der Waals surface area contributed by atoms with E-state index in [4.69, 9.17) is 9.72 Å². The molecule has 5 rings (SSSR count). The molecular weight excluding hydrogens is 469 g/mol. The van der Waals surface area contributed by atoms with E-state index in [0.717, 1.165) is 60.0 Å². The Morgan fingerprint density at radius 3 is 2.36 bits per heavy atom. The Kier molecular flexibility index (Phi) is 6.73. The van der Waals surface area contributed by atoms with E-state index in [1.807, 2.05) is 43.3 Å². The number of benzene rings is 3. The number of fused-ring (bicyclic) bond motifs is 1. The van der Waals surface area contributed by atoms with E-state index in [1.54, 1.807) is 12.1 Å². The number of rotatable bonds is 7. The van der Waals surface area contributed by atoms with Crippen LogP contribution in [-0.4, -0.2) is 42.1 Å². The van der Waals surface area contributed by atoms with Gasteiger partial charge in [0.25, 0.3) is 0 Å². The normalized spacial score (nSPS) is 15.2. The molecule has 1 saturated heterocycles. The lowest BCUT2D eigenvalue weighted by atomic mass is 10.2. The highest BCUT2D eigenvalue weighted by Crippen LogP contribution is 2.30. The number of halogens is 3. The van der Waals surface area contributed by atoms with Crippen LogP contribution >= 0.6 is 0 Å². The van der Waals surface area contributed by atoms with Gasteiger partial charge in [0.15, 0.2) is 11.9 Å². The van der Waals surface area contributed by atoms with Gasteiger partial charge in [0.05, 0.1) is 11.0 Å². The van der Waals surface area contributed by atoms with Crippen LogP contribution in [0.25, 0.3) is 11.0 Å². The number of hydrogen-bond donors (Lipinski definition) is 1. The summed E-state index contributed by atoms with van der Waals surface area (Å²) in [6.45, 7) is 6.06. The minimum Gasteiger partial charge on any atom is -0.483 e. The number of alkyl halides is 3. The minimum absolute atomic E-state index is 0.247. The third-order valence-corrected chi connectivity index (χ3v) is 6.16. The SMILES string of the molecule is CC(Oc1ccccc1)c1nc2ccc(N3CCNCC3)cc2n1Cc1ccc(OC(F)(F)F)cc1. The molecule has 0 radical (unpaired) electrons. The minimum atomic E-state index is -4.72. The van der Waals surface area contributed by atoms with Crippen LogP contribution in [0.4, 0.5) is 18.9 Å². The molecule has 4 aromatic rings. The van der Waals surface area contributed by atoms with Crippen LogP contribution in [0.3, 0.4) is 0 Å². The average Bonchev–Trinajstić information content (AvgIpc) is 3.23. The second-order valence-electron chi connectivity index (χ2n) is 8.73. The molecule has 6 nitrogen and oxygen atoms in total. The molecule has 3 aromatic carbocycles. The van der Waals surface area contributed by atoms with Crippen molar-refractivity contribution < 1.29 is 22.6 Å². The number of nitrogens with one attached hydrogen (secondary N) is 1. The summed E-state index contributed by atoms with van der Waals surface area (Å²) in [6.07, 6.45) is -5.07. The van der Waals surface area contributed by atoms with E-state index in [1.165, 1.54) is 12.1 Å². The Bertz CT molecular complexity index is 1300. The van der Waals surface area contributed by atoms with Crippen LogP contribution in [0, 0.1) is 0 Å². The first kappa shape index (κ1) is 24.0. The van der Waals surface area contributed by atoms with E-state index in [-0.39, 0.29) is 11.9 Å². The van der Waals surface area contributed by atoms with Crippen molar-refractivity contribution in [1.29, 1.82) is 0 Å². The summed E-state index contributed by atoms with van der Waals surface area (Å²) in [7, 11) is 0. The molecule has 1 aliphatic rings. The van der Waals surface area contributed by atoms with Gasteiger partial charge in [-0.15, -0.1) is 13.2 Å². The second kappa shape index (κ2) is 10.1.